The van der Waals surface area contributed by atoms with E-state index in [2.05, 4.69) is 44.9 Å². The van der Waals surface area contributed by atoms with Crippen LogP contribution in [0.25, 0.3) is 0 Å². The highest BCUT2D eigenvalue weighted by molar-refractivity contribution is 5.79. The third-order valence-electron chi connectivity index (χ3n) is 4.37. The fraction of sp³-hybridized carbons (Fsp3) is 0.467. The maximum absolute atomic E-state index is 11.6. The van der Waals surface area contributed by atoms with Gasteiger partial charge >= 0.3 is 0 Å². The van der Waals surface area contributed by atoms with Crippen LogP contribution in [0.3, 0.4) is 0 Å². The van der Waals surface area contributed by atoms with Gasteiger partial charge in [-0.3, -0.25) is 4.79 Å². The van der Waals surface area contributed by atoms with E-state index < -0.39 is 0 Å². The number of aromatic amines is 1. The summed E-state index contributed by atoms with van der Waals surface area (Å²) in [6.45, 7) is 0. The van der Waals surface area contributed by atoms with Crippen molar-refractivity contribution in [1.29, 1.82) is 0 Å². The maximum Gasteiger partial charge on any atom is 0.174 e. The molecule has 1 N–H and O–H groups in total. The van der Waals surface area contributed by atoms with E-state index in [9.17, 15) is 4.79 Å². The fourth-order valence-electron chi connectivity index (χ4n) is 3.12. The molecule has 2 aromatic rings. The molecule has 0 spiro atoms. The van der Waals surface area contributed by atoms with Crippen LogP contribution in [0.2, 0.25) is 0 Å². The summed E-state index contributed by atoms with van der Waals surface area (Å²) in [5.41, 5.74) is 1.41. The summed E-state index contributed by atoms with van der Waals surface area (Å²) < 4.78 is 0. The number of rotatable bonds is 4. The fourth-order valence-corrected chi connectivity index (χ4v) is 3.12. The number of aryl methyl sites for hydroxylation is 1. The number of hydrogen-bond acceptors (Lipinski definition) is 4. The summed E-state index contributed by atoms with van der Waals surface area (Å²) in [4.78, 5) is 11.6. The second-order valence-corrected chi connectivity index (χ2v) is 5.51. The number of aromatic nitrogens is 4. The molecule has 0 bridgehead atoms. The first-order valence-corrected chi connectivity index (χ1v) is 7.08. The number of ketones is 1. The lowest BCUT2D eigenvalue weighted by Crippen LogP contribution is -2.32. The van der Waals surface area contributed by atoms with Crippen LogP contribution in [0.15, 0.2) is 30.3 Å². The number of nitrogens with zero attached hydrogens (tertiary/aromatic N) is 3. The van der Waals surface area contributed by atoms with Gasteiger partial charge in [0.25, 0.3) is 0 Å². The van der Waals surface area contributed by atoms with Crippen molar-refractivity contribution in [2.24, 2.45) is 0 Å². The zero-order valence-corrected chi connectivity index (χ0v) is 11.4. The predicted molar refractivity (Wildman–Crippen MR) is 74.1 cm³/mol. The quantitative estimate of drug-likeness (QED) is 0.924. The number of H-pyrrole nitrogens is 1. The SMILES string of the molecule is O=C1CCC(CCc2nn[nH]n2)(c2ccccc2)CC1. The number of tetrazole rings is 1. The van der Waals surface area contributed by atoms with Gasteiger partial charge in [0, 0.05) is 19.3 Å². The minimum Gasteiger partial charge on any atom is -0.300 e. The Hall–Kier alpha value is -2.04. The van der Waals surface area contributed by atoms with Crippen molar-refractivity contribution in [3.05, 3.63) is 41.7 Å². The first kappa shape index (κ1) is 13.0. The van der Waals surface area contributed by atoms with Crippen LogP contribution >= 0.6 is 0 Å². The van der Waals surface area contributed by atoms with E-state index in [1.54, 1.807) is 0 Å². The predicted octanol–water partition coefficient (Wildman–Crippen LogP) is 2.21. The number of carbonyl (C=O) groups excluding carboxylic acids is 1. The van der Waals surface area contributed by atoms with Crippen LogP contribution in [-0.4, -0.2) is 26.4 Å². The van der Waals surface area contributed by atoms with Gasteiger partial charge in [-0.05, 0) is 30.2 Å². The van der Waals surface area contributed by atoms with Crippen molar-refractivity contribution in [2.75, 3.05) is 0 Å². The van der Waals surface area contributed by atoms with E-state index in [1.807, 2.05) is 6.07 Å². The standard InChI is InChI=1S/C15H18N4O/c20-13-6-9-15(10-7-13,12-4-2-1-3-5-12)11-8-14-16-18-19-17-14/h1-5H,6-11H2,(H,16,17,18,19). The number of Topliss-reactive ketones (excluding diaryl/α,β-unsaturated/α-hetero) is 1. The van der Waals surface area contributed by atoms with Gasteiger partial charge in [0.1, 0.15) is 5.78 Å². The molecule has 1 aromatic carbocycles. The van der Waals surface area contributed by atoms with Crippen LogP contribution in [0.5, 0.6) is 0 Å². The van der Waals surface area contributed by atoms with E-state index in [1.165, 1.54) is 5.56 Å². The summed E-state index contributed by atoms with van der Waals surface area (Å²) in [6.07, 6.45) is 4.97. The van der Waals surface area contributed by atoms with Gasteiger partial charge in [0.05, 0.1) is 0 Å². The number of nitrogens with one attached hydrogen (secondary N) is 1. The van der Waals surface area contributed by atoms with Gasteiger partial charge in [0.2, 0.25) is 0 Å². The molecule has 0 unspecified atom stereocenters. The van der Waals surface area contributed by atoms with Gasteiger partial charge in [-0.1, -0.05) is 35.5 Å². The third kappa shape index (κ3) is 2.61. The van der Waals surface area contributed by atoms with Crippen molar-refractivity contribution in [3.63, 3.8) is 0 Å². The largest absolute Gasteiger partial charge is 0.300 e. The molecule has 0 aliphatic heterocycles. The Balaban J connectivity index is 1.82. The van der Waals surface area contributed by atoms with Gasteiger partial charge in [-0.2, -0.15) is 5.21 Å². The molecule has 1 aliphatic rings. The molecule has 3 rings (SSSR count). The Morgan fingerprint density at radius 3 is 2.55 bits per heavy atom. The lowest BCUT2D eigenvalue weighted by atomic mass is 9.66. The van der Waals surface area contributed by atoms with Gasteiger partial charge in [0.15, 0.2) is 5.82 Å². The first-order chi connectivity index (χ1) is 9.78. The summed E-state index contributed by atoms with van der Waals surface area (Å²) >= 11 is 0. The number of hydrogen-bond donors (Lipinski definition) is 1. The molecule has 1 aliphatic carbocycles. The summed E-state index contributed by atoms with van der Waals surface area (Å²) in [5.74, 6) is 1.13. The maximum atomic E-state index is 11.6. The van der Waals surface area contributed by atoms with Gasteiger partial charge in [-0.25, -0.2) is 0 Å². The molecule has 0 saturated heterocycles. The van der Waals surface area contributed by atoms with Crippen LogP contribution in [0.1, 0.15) is 43.5 Å². The first-order valence-electron chi connectivity index (χ1n) is 7.08. The summed E-state index contributed by atoms with van der Waals surface area (Å²) in [5, 5.41) is 14.1. The van der Waals surface area contributed by atoms with E-state index in [0.717, 1.165) is 31.5 Å². The van der Waals surface area contributed by atoms with Crippen molar-refractivity contribution in [1.82, 2.24) is 20.6 Å². The third-order valence-corrected chi connectivity index (χ3v) is 4.37. The monoisotopic (exact) mass is 270 g/mol. The highest BCUT2D eigenvalue weighted by Crippen LogP contribution is 2.41. The average Bonchev–Trinajstić information content (AvgIpc) is 3.01. The average molecular weight is 270 g/mol. The molecule has 5 nitrogen and oxygen atoms in total. The number of carbonyl (C=O) groups is 1. The molecule has 1 aromatic heterocycles. The highest BCUT2D eigenvalue weighted by atomic mass is 16.1. The van der Waals surface area contributed by atoms with E-state index in [-0.39, 0.29) is 5.41 Å². The Kier molecular flexibility index (Phi) is 3.58. The smallest absolute Gasteiger partial charge is 0.174 e. The van der Waals surface area contributed by atoms with Crippen molar-refractivity contribution in [2.45, 2.75) is 43.9 Å². The van der Waals surface area contributed by atoms with E-state index in [4.69, 9.17) is 0 Å². The van der Waals surface area contributed by atoms with Crippen LogP contribution in [0, 0.1) is 0 Å². The summed E-state index contributed by atoms with van der Waals surface area (Å²) in [6, 6.07) is 10.5. The molecule has 0 radical (unpaired) electrons. The van der Waals surface area contributed by atoms with Crippen LogP contribution < -0.4 is 0 Å². The Morgan fingerprint density at radius 2 is 1.90 bits per heavy atom. The molecule has 5 heteroatoms. The molecular formula is C15H18N4O. The van der Waals surface area contributed by atoms with Crippen molar-refractivity contribution < 1.29 is 4.79 Å². The van der Waals surface area contributed by atoms with Gasteiger partial charge in [-0.15, -0.1) is 10.2 Å². The normalized spacial score (nSPS) is 18.1. The lowest BCUT2D eigenvalue weighted by Gasteiger charge is -2.37. The second-order valence-electron chi connectivity index (χ2n) is 5.51. The van der Waals surface area contributed by atoms with E-state index in [0.29, 0.717) is 18.6 Å². The minimum atomic E-state index is 0.0792. The zero-order valence-electron chi connectivity index (χ0n) is 11.4. The zero-order chi connectivity index (χ0) is 13.8. The molecule has 20 heavy (non-hydrogen) atoms. The van der Waals surface area contributed by atoms with Gasteiger partial charge < -0.3 is 0 Å². The highest BCUT2D eigenvalue weighted by Gasteiger charge is 2.36. The van der Waals surface area contributed by atoms with Crippen molar-refractivity contribution in [3.8, 4) is 0 Å². The second kappa shape index (κ2) is 5.53. The number of benzene rings is 1. The Bertz CT molecular complexity index is 555. The Morgan fingerprint density at radius 1 is 1.15 bits per heavy atom. The summed E-state index contributed by atoms with van der Waals surface area (Å²) in [7, 11) is 0. The lowest BCUT2D eigenvalue weighted by molar-refractivity contribution is -0.121. The molecule has 1 heterocycles. The topological polar surface area (TPSA) is 71.5 Å². The minimum absolute atomic E-state index is 0.0792. The van der Waals surface area contributed by atoms with Crippen molar-refractivity contribution >= 4 is 5.78 Å². The molecule has 0 amide bonds. The Labute approximate surface area is 117 Å². The molecular weight excluding hydrogens is 252 g/mol. The molecule has 0 atom stereocenters. The molecule has 1 saturated carbocycles. The van der Waals surface area contributed by atoms with E-state index >= 15 is 0 Å². The van der Waals surface area contributed by atoms with Crippen LogP contribution in [0.4, 0.5) is 0 Å². The molecule has 104 valence electrons. The van der Waals surface area contributed by atoms with Crippen LogP contribution in [-0.2, 0) is 16.6 Å². The molecule has 1 fully saturated rings.